The summed E-state index contributed by atoms with van der Waals surface area (Å²) in [7, 11) is 0. The van der Waals surface area contributed by atoms with Gasteiger partial charge in [0.15, 0.2) is 0 Å². The Balaban J connectivity index is 1.75. The number of amides is 2. The van der Waals surface area contributed by atoms with E-state index < -0.39 is 11.9 Å². The van der Waals surface area contributed by atoms with Crippen LogP contribution >= 0.6 is 50.5 Å². The summed E-state index contributed by atoms with van der Waals surface area (Å²) in [5.41, 5.74) is 1.17. The number of carbonyl (C=O) groups is 2. The Morgan fingerprint density at radius 1 is 1.13 bits per heavy atom. The zero-order valence-corrected chi connectivity index (χ0v) is 20.6. The zero-order chi connectivity index (χ0) is 22.5. The first-order chi connectivity index (χ1) is 14.8. The van der Waals surface area contributed by atoms with Gasteiger partial charge in [0.2, 0.25) is 11.0 Å². The van der Waals surface area contributed by atoms with Crippen LogP contribution in [0.5, 0.6) is 0 Å². The molecule has 31 heavy (non-hydrogen) atoms. The fraction of sp³-hybridized carbons (Fsp3) is 0.238. The summed E-state index contributed by atoms with van der Waals surface area (Å²) in [6.45, 7) is 3.84. The van der Waals surface area contributed by atoms with Crippen molar-refractivity contribution >= 4 is 67.4 Å². The largest absolute Gasteiger partial charge is 0.340 e. The Labute approximate surface area is 202 Å². The van der Waals surface area contributed by atoms with Gasteiger partial charge in [-0.25, -0.2) is 0 Å². The number of carbonyl (C=O) groups excluding carboxylic acids is 2. The van der Waals surface area contributed by atoms with E-state index in [4.69, 9.17) is 23.2 Å². The van der Waals surface area contributed by atoms with Gasteiger partial charge in [-0.05, 0) is 36.2 Å². The number of hydrogen-bond acceptors (Lipinski definition) is 5. The molecule has 0 fully saturated rings. The number of anilines is 1. The summed E-state index contributed by atoms with van der Waals surface area (Å²) in [6.07, 6.45) is 0.689. The second kappa shape index (κ2) is 10.5. The van der Waals surface area contributed by atoms with E-state index in [1.54, 1.807) is 0 Å². The maximum atomic E-state index is 13.0. The molecule has 0 saturated carbocycles. The van der Waals surface area contributed by atoms with Gasteiger partial charge in [-0.1, -0.05) is 82.9 Å². The molecule has 1 aromatic heterocycles. The third kappa shape index (κ3) is 6.26. The molecule has 0 spiro atoms. The minimum Gasteiger partial charge on any atom is -0.340 e. The predicted molar refractivity (Wildman–Crippen MR) is 129 cm³/mol. The Kier molecular flexibility index (Phi) is 8.05. The summed E-state index contributed by atoms with van der Waals surface area (Å²) < 4.78 is 0.923. The lowest BCUT2D eigenvalue weighted by Gasteiger charge is -2.23. The van der Waals surface area contributed by atoms with E-state index >= 15 is 0 Å². The molecule has 0 bridgehead atoms. The van der Waals surface area contributed by atoms with Crippen molar-refractivity contribution in [3.63, 3.8) is 0 Å². The smallest absolute Gasteiger partial charge is 0.252 e. The van der Waals surface area contributed by atoms with Crippen molar-refractivity contribution in [3.8, 4) is 10.6 Å². The van der Waals surface area contributed by atoms with Gasteiger partial charge in [-0.3, -0.25) is 14.9 Å². The van der Waals surface area contributed by atoms with E-state index in [0.717, 1.165) is 10.0 Å². The predicted octanol–water partition coefficient (Wildman–Crippen LogP) is 6.06. The van der Waals surface area contributed by atoms with E-state index in [0.29, 0.717) is 26.6 Å². The maximum Gasteiger partial charge on any atom is 0.252 e. The van der Waals surface area contributed by atoms with Crippen LogP contribution in [0, 0.1) is 5.92 Å². The lowest BCUT2D eigenvalue weighted by atomic mass is 9.98. The first-order valence-corrected chi connectivity index (χ1v) is 11.8. The van der Waals surface area contributed by atoms with Crippen LogP contribution in [0.4, 0.5) is 5.13 Å². The van der Waals surface area contributed by atoms with Crippen molar-refractivity contribution in [1.82, 2.24) is 15.5 Å². The van der Waals surface area contributed by atoms with Crippen molar-refractivity contribution < 1.29 is 9.59 Å². The molecule has 0 aliphatic heterocycles. The molecule has 2 N–H and O–H groups in total. The number of rotatable bonds is 7. The number of nitrogens with one attached hydrogen (secondary N) is 2. The molecule has 6 nitrogen and oxygen atoms in total. The van der Waals surface area contributed by atoms with Gasteiger partial charge in [0.25, 0.3) is 5.91 Å². The van der Waals surface area contributed by atoms with E-state index in [1.165, 1.54) is 29.5 Å². The molecule has 10 heteroatoms. The Morgan fingerprint density at radius 2 is 1.84 bits per heavy atom. The van der Waals surface area contributed by atoms with Crippen LogP contribution < -0.4 is 10.6 Å². The standard InChI is InChI=1S/C21H19BrCl2N4O2S/c1-3-11(2)17(25-18(29)13-8-15(23)10-16(24)9-13)19(30)26-21-28-27-20(31-21)12-5-4-6-14(22)7-12/h4-11,17H,3H2,1-2H3,(H,25,29)(H,26,28,30)/t11-,17+/m0/s1. The van der Waals surface area contributed by atoms with Crippen molar-refractivity contribution in [2.24, 2.45) is 5.92 Å². The lowest BCUT2D eigenvalue weighted by molar-refractivity contribution is -0.119. The van der Waals surface area contributed by atoms with Gasteiger partial charge in [0.1, 0.15) is 11.0 Å². The molecule has 0 saturated heterocycles. The van der Waals surface area contributed by atoms with E-state index in [-0.39, 0.29) is 17.4 Å². The van der Waals surface area contributed by atoms with Crippen LogP contribution in [0.3, 0.4) is 0 Å². The van der Waals surface area contributed by atoms with Crippen LogP contribution in [-0.4, -0.2) is 28.1 Å². The van der Waals surface area contributed by atoms with Gasteiger partial charge in [0.05, 0.1) is 0 Å². The molecular formula is C21H19BrCl2N4O2S. The minimum absolute atomic E-state index is 0.115. The van der Waals surface area contributed by atoms with Crippen LogP contribution in [0.15, 0.2) is 46.9 Å². The Bertz CT molecular complexity index is 1090. The lowest BCUT2D eigenvalue weighted by Crippen LogP contribution is -2.47. The van der Waals surface area contributed by atoms with E-state index in [9.17, 15) is 9.59 Å². The number of aromatic nitrogens is 2. The molecule has 0 aliphatic carbocycles. The van der Waals surface area contributed by atoms with Crippen molar-refractivity contribution in [2.45, 2.75) is 26.3 Å². The van der Waals surface area contributed by atoms with Crippen molar-refractivity contribution in [2.75, 3.05) is 5.32 Å². The van der Waals surface area contributed by atoms with E-state index in [2.05, 4.69) is 36.8 Å². The molecule has 2 aromatic carbocycles. The third-order valence-electron chi connectivity index (χ3n) is 4.63. The van der Waals surface area contributed by atoms with Crippen LogP contribution in [0.2, 0.25) is 10.0 Å². The number of hydrogen-bond donors (Lipinski definition) is 2. The Hall–Kier alpha value is -2.00. The van der Waals surface area contributed by atoms with Crippen LogP contribution in [-0.2, 0) is 4.79 Å². The van der Waals surface area contributed by atoms with Gasteiger partial charge in [-0.15, -0.1) is 10.2 Å². The quantitative estimate of drug-likeness (QED) is 0.381. The second-order valence-corrected chi connectivity index (χ2v) is 9.67. The normalized spacial score (nSPS) is 12.8. The first kappa shape index (κ1) is 23.7. The first-order valence-electron chi connectivity index (χ1n) is 9.44. The highest BCUT2D eigenvalue weighted by molar-refractivity contribution is 9.10. The average Bonchev–Trinajstić information content (AvgIpc) is 3.19. The van der Waals surface area contributed by atoms with Crippen LogP contribution in [0.25, 0.3) is 10.6 Å². The summed E-state index contributed by atoms with van der Waals surface area (Å²) in [6, 6.07) is 11.4. The molecular weight excluding hydrogens is 523 g/mol. The molecule has 0 radical (unpaired) electrons. The van der Waals surface area contributed by atoms with Crippen LogP contribution in [0.1, 0.15) is 30.6 Å². The van der Waals surface area contributed by atoms with Crippen molar-refractivity contribution in [3.05, 3.63) is 62.5 Å². The summed E-state index contributed by atoms with van der Waals surface area (Å²) >= 11 is 16.7. The molecule has 0 unspecified atom stereocenters. The van der Waals surface area contributed by atoms with Gasteiger partial charge >= 0.3 is 0 Å². The highest BCUT2D eigenvalue weighted by Crippen LogP contribution is 2.28. The minimum atomic E-state index is -0.770. The summed E-state index contributed by atoms with van der Waals surface area (Å²) in [5.74, 6) is -0.916. The highest BCUT2D eigenvalue weighted by atomic mass is 79.9. The van der Waals surface area contributed by atoms with Gasteiger partial charge in [0, 0.05) is 25.6 Å². The molecule has 2 amide bonds. The maximum absolute atomic E-state index is 13.0. The van der Waals surface area contributed by atoms with Gasteiger partial charge < -0.3 is 5.32 Å². The summed E-state index contributed by atoms with van der Waals surface area (Å²) in [4.78, 5) is 25.7. The zero-order valence-electron chi connectivity index (χ0n) is 16.7. The van der Waals surface area contributed by atoms with E-state index in [1.807, 2.05) is 38.1 Å². The SMILES string of the molecule is CC[C@H](C)[C@@H](NC(=O)c1cc(Cl)cc(Cl)c1)C(=O)Nc1nnc(-c2cccc(Br)c2)s1. The average molecular weight is 542 g/mol. The highest BCUT2D eigenvalue weighted by Gasteiger charge is 2.27. The molecule has 0 aliphatic rings. The second-order valence-electron chi connectivity index (χ2n) is 6.91. The monoisotopic (exact) mass is 540 g/mol. The topological polar surface area (TPSA) is 84.0 Å². The van der Waals surface area contributed by atoms with Gasteiger partial charge in [-0.2, -0.15) is 0 Å². The fourth-order valence-corrected chi connectivity index (χ4v) is 4.47. The Morgan fingerprint density at radius 3 is 2.48 bits per heavy atom. The third-order valence-corrected chi connectivity index (χ3v) is 6.45. The summed E-state index contributed by atoms with van der Waals surface area (Å²) in [5, 5.41) is 15.5. The molecule has 3 rings (SSSR count). The molecule has 2 atom stereocenters. The molecule has 1 heterocycles. The molecule has 3 aromatic rings. The molecule has 162 valence electrons. The number of nitrogens with zero attached hydrogens (tertiary/aromatic N) is 2. The fourth-order valence-electron chi connectivity index (χ4n) is 2.81. The van der Waals surface area contributed by atoms with Crippen molar-refractivity contribution in [1.29, 1.82) is 0 Å². The number of benzene rings is 2. The number of halogens is 3.